The smallest absolute Gasteiger partial charge is 0.122 e. The van der Waals surface area contributed by atoms with Crippen LogP contribution in [-0.2, 0) is 13.0 Å². The highest BCUT2D eigenvalue weighted by molar-refractivity contribution is 5.33. The van der Waals surface area contributed by atoms with Gasteiger partial charge in [-0.2, -0.15) is 0 Å². The van der Waals surface area contributed by atoms with Crippen molar-refractivity contribution in [3.63, 3.8) is 0 Å². The second-order valence-corrected chi connectivity index (χ2v) is 4.38. The first kappa shape index (κ1) is 12.7. The molecule has 0 amide bonds. The number of hydrogen-bond acceptors (Lipinski definition) is 3. The van der Waals surface area contributed by atoms with Crippen molar-refractivity contribution in [2.24, 2.45) is 0 Å². The van der Waals surface area contributed by atoms with E-state index in [9.17, 15) is 0 Å². The molecule has 1 aromatic heterocycles. The minimum absolute atomic E-state index is 0.367. The number of benzene rings is 1. The average Bonchev–Trinajstić information content (AvgIpc) is 2.90. The monoisotopic (exact) mass is 245 g/mol. The molecule has 1 atom stereocenters. The van der Waals surface area contributed by atoms with E-state index in [4.69, 9.17) is 9.15 Å². The SMILES string of the molecule is COc1ccccc1CC(C)NCc1ccco1. The molecule has 1 aromatic carbocycles. The van der Waals surface area contributed by atoms with Gasteiger partial charge in [0.2, 0.25) is 0 Å². The molecule has 1 N–H and O–H groups in total. The van der Waals surface area contributed by atoms with Gasteiger partial charge in [0, 0.05) is 6.04 Å². The molecule has 0 spiro atoms. The maximum Gasteiger partial charge on any atom is 0.122 e. The molecule has 1 heterocycles. The highest BCUT2D eigenvalue weighted by Crippen LogP contribution is 2.18. The molecule has 3 heteroatoms. The van der Waals surface area contributed by atoms with Crippen molar-refractivity contribution in [3.8, 4) is 5.75 Å². The van der Waals surface area contributed by atoms with Gasteiger partial charge in [0.15, 0.2) is 0 Å². The Bertz CT molecular complexity index is 465. The van der Waals surface area contributed by atoms with Crippen molar-refractivity contribution in [1.29, 1.82) is 0 Å². The lowest BCUT2D eigenvalue weighted by molar-refractivity contribution is 0.404. The highest BCUT2D eigenvalue weighted by atomic mass is 16.5. The number of hydrogen-bond donors (Lipinski definition) is 1. The van der Waals surface area contributed by atoms with Crippen LogP contribution in [0.2, 0.25) is 0 Å². The topological polar surface area (TPSA) is 34.4 Å². The first-order valence-corrected chi connectivity index (χ1v) is 6.17. The van der Waals surface area contributed by atoms with Crippen LogP contribution in [0.5, 0.6) is 5.75 Å². The van der Waals surface area contributed by atoms with E-state index in [0.29, 0.717) is 6.04 Å². The van der Waals surface area contributed by atoms with Gasteiger partial charge in [0.1, 0.15) is 11.5 Å². The van der Waals surface area contributed by atoms with E-state index in [1.807, 2.05) is 30.3 Å². The third-order valence-electron chi connectivity index (χ3n) is 2.92. The molecule has 0 saturated carbocycles. The lowest BCUT2D eigenvalue weighted by atomic mass is 10.1. The number of rotatable bonds is 6. The molecule has 1 unspecified atom stereocenters. The zero-order valence-electron chi connectivity index (χ0n) is 10.8. The largest absolute Gasteiger partial charge is 0.496 e. The zero-order valence-corrected chi connectivity index (χ0v) is 10.8. The summed E-state index contributed by atoms with van der Waals surface area (Å²) < 4.78 is 10.6. The Morgan fingerprint density at radius 2 is 2.06 bits per heavy atom. The van der Waals surface area contributed by atoms with Crippen molar-refractivity contribution in [2.75, 3.05) is 7.11 Å². The first-order chi connectivity index (χ1) is 8.79. The fourth-order valence-corrected chi connectivity index (χ4v) is 1.96. The van der Waals surface area contributed by atoms with Crippen molar-refractivity contribution in [2.45, 2.75) is 25.9 Å². The summed E-state index contributed by atoms with van der Waals surface area (Å²) in [6, 6.07) is 12.4. The molecule has 0 aliphatic rings. The van der Waals surface area contributed by atoms with Gasteiger partial charge in [0.05, 0.1) is 19.9 Å². The maximum absolute atomic E-state index is 5.35. The van der Waals surface area contributed by atoms with Crippen molar-refractivity contribution in [3.05, 3.63) is 54.0 Å². The van der Waals surface area contributed by atoms with Crippen LogP contribution in [0.3, 0.4) is 0 Å². The number of furan rings is 1. The third kappa shape index (κ3) is 3.37. The second-order valence-electron chi connectivity index (χ2n) is 4.38. The number of ether oxygens (including phenoxy) is 1. The molecule has 18 heavy (non-hydrogen) atoms. The van der Waals surface area contributed by atoms with Crippen LogP contribution in [0.4, 0.5) is 0 Å². The molecule has 0 aliphatic carbocycles. The first-order valence-electron chi connectivity index (χ1n) is 6.17. The van der Waals surface area contributed by atoms with Gasteiger partial charge in [-0.15, -0.1) is 0 Å². The van der Waals surface area contributed by atoms with E-state index in [1.165, 1.54) is 5.56 Å². The number of para-hydroxylation sites is 1. The van der Waals surface area contributed by atoms with Gasteiger partial charge in [-0.3, -0.25) is 0 Å². The predicted molar refractivity (Wildman–Crippen MR) is 71.7 cm³/mol. The normalized spacial score (nSPS) is 12.3. The van der Waals surface area contributed by atoms with Crippen molar-refractivity contribution < 1.29 is 9.15 Å². The Balaban J connectivity index is 1.88. The summed E-state index contributed by atoms with van der Waals surface area (Å²) in [5, 5.41) is 3.44. The lowest BCUT2D eigenvalue weighted by Gasteiger charge is -2.15. The third-order valence-corrected chi connectivity index (χ3v) is 2.92. The number of nitrogens with one attached hydrogen (secondary N) is 1. The van der Waals surface area contributed by atoms with E-state index >= 15 is 0 Å². The molecular formula is C15H19NO2. The van der Waals surface area contributed by atoms with Crippen molar-refractivity contribution >= 4 is 0 Å². The summed E-state index contributed by atoms with van der Waals surface area (Å²) in [4.78, 5) is 0. The lowest BCUT2D eigenvalue weighted by Crippen LogP contribution is -2.27. The summed E-state index contributed by atoms with van der Waals surface area (Å²) in [5.74, 6) is 1.91. The van der Waals surface area contributed by atoms with Crippen molar-refractivity contribution in [1.82, 2.24) is 5.32 Å². The van der Waals surface area contributed by atoms with Gasteiger partial charge in [-0.25, -0.2) is 0 Å². The standard InChI is InChI=1S/C15H19NO2/c1-12(16-11-14-7-5-9-18-14)10-13-6-3-4-8-15(13)17-2/h3-9,12,16H,10-11H2,1-2H3. The summed E-state index contributed by atoms with van der Waals surface area (Å²) >= 11 is 0. The van der Waals surface area contributed by atoms with Gasteiger partial charge in [0.25, 0.3) is 0 Å². The Labute approximate surface area is 108 Å². The minimum atomic E-state index is 0.367. The van der Waals surface area contributed by atoms with Crippen LogP contribution < -0.4 is 10.1 Å². The molecule has 3 nitrogen and oxygen atoms in total. The molecular weight excluding hydrogens is 226 g/mol. The van der Waals surface area contributed by atoms with Crippen LogP contribution in [-0.4, -0.2) is 13.2 Å². The van der Waals surface area contributed by atoms with Crippen LogP contribution in [0.25, 0.3) is 0 Å². The van der Waals surface area contributed by atoms with E-state index in [0.717, 1.165) is 24.5 Å². The molecule has 0 radical (unpaired) electrons. The van der Waals surface area contributed by atoms with Gasteiger partial charge in [-0.05, 0) is 37.1 Å². The van der Waals surface area contributed by atoms with Crippen LogP contribution >= 0.6 is 0 Å². The Morgan fingerprint density at radius 3 is 2.78 bits per heavy atom. The quantitative estimate of drug-likeness (QED) is 0.849. The van der Waals surface area contributed by atoms with Crippen LogP contribution in [0.15, 0.2) is 47.1 Å². The maximum atomic E-state index is 5.35. The molecule has 0 bridgehead atoms. The van der Waals surface area contributed by atoms with E-state index in [2.05, 4.69) is 18.3 Å². The Kier molecular flexibility index (Phi) is 4.42. The highest BCUT2D eigenvalue weighted by Gasteiger charge is 2.08. The Hall–Kier alpha value is -1.74. The summed E-state index contributed by atoms with van der Waals surface area (Å²) in [7, 11) is 1.71. The summed E-state index contributed by atoms with van der Waals surface area (Å²) in [6.45, 7) is 2.92. The number of methoxy groups -OCH3 is 1. The second kappa shape index (κ2) is 6.26. The predicted octanol–water partition coefficient (Wildman–Crippen LogP) is 3.01. The van der Waals surface area contributed by atoms with Gasteiger partial charge < -0.3 is 14.5 Å². The Morgan fingerprint density at radius 1 is 1.22 bits per heavy atom. The molecule has 2 rings (SSSR count). The summed E-state index contributed by atoms with van der Waals surface area (Å²) in [5.41, 5.74) is 1.22. The molecule has 96 valence electrons. The average molecular weight is 245 g/mol. The summed E-state index contributed by atoms with van der Waals surface area (Å²) in [6.07, 6.45) is 2.63. The zero-order chi connectivity index (χ0) is 12.8. The van der Waals surface area contributed by atoms with Gasteiger partial charge in [-0.1, -0.05) is 18.2 Å². The van der Waals surface area contributed by atoms with E-state index < -0.39 is 0 Å². The van der Waals surface area contributed by atoms with E-state index in [-0.39, 0.29) is 0 Å². The molecule has 0 saturated heterocycles. The fourth-order valence-electron chi connectivity index (χ4n) is 1.96. The molecule has 2 aromatic rings. The fraction of sp³-hybridized carbons (Fsp3) is 0.333. The van der Waals surface area contributed by atoms with Crippen LogP contribution in [0, 0.1) is 0 Å². The van der Waals surface area contributed by atoms with E-state index in [1.54, 1.807) is 13.4 Å². The minimum Gasteiger partial charge on any atom is -0.496 e. The molecule has 0 aliphatic heterocycles. The molecule has 0 fully saturated rings. The van der Waals surface area contributed by atoms with Gasteiger partial charge >= 0.3 is 0 Å². The van der Waals surface area contributed by atoms with Crippen LogP contribution in [0.1, 0.15) is 18.2 Å².